The minimum absolute atomic E-state index is 0.0623. The summed E-state index contributed by atoms with van der Waals surface area (Å²) < 4.78 is 6.26. The third-order valence-corrected chi connectivity index (χ3v) is 4.07. The first-order valence-electron chi connectivity index (χ1n) is 8.04. The van der Waals surface area contributed by atoms with Crippen LogP contribution in [0.2, 0.25) is 0 Å². The third-order valence-electron chi connectivity index (χ3n) is 4.07. The molecule has 28 heavy (non-hydrogen) atoms. The number of carbonyl (C=O) groups excluding carboxylic acids is 1. The summed E-state index contributed by atoms with van der Waals surface area (Å²) in [6.45, 7) is 1.63. The Kier molecular flexibility index (Phi) is 3.96. The number of nitro benzene ring substituents is 1. The van der Waals surface area contributed by atoms with Crippen LogP contribution in [0.3, 0.4) is 0 Å². The van der Waals surface area contributed by atoms with Crippen molar-refractivity contribution in [2.75, 3.05) is 5.32 Å². The van der Waals surface area contributed by atoms with E-state index in [1.54, 1.807) is 31.2 Å². The number of carbonyl (C=O) groups is 1. The number of aromatic amines is 1. The van der Waals surface area contributed by atoms with Crippen molar-refractivity contribution in [1.29, 1.82) is 0 Å². The molecule has 0 aliphatic heterocycles. The predicted molar refractivity (Wildman–Crippen MR) is 97.5 cm³/mol. The van der Waals surface area contributed by atoms with E-state index in [9.17, 15) is 19.7 Å². The van der Waals surface area contributed by atoms with E-state index < -0.39 is 16.6 Å². The molecule has 0 saturated heterocycles. The summed E-state index contributed by atoms with van der Waals surface area (Å²) in [5, 5.41) is 21.4. The molecule has 4 rings (SSSR count). The molecule has 1 amide bonds. The predicted octanol–water partition coefficient (Wildman–Crippen LogP) is 2.17. The van der Waals surface area contributed by atoms with Gasteiger partial charge in [0.15, 0.2) is 11.3 Å². The lowest BCUT2D eigenvalue weighted by molar-refractivity contribution is -0.384. The summed E-state index contributed by atoms with van der Waals surface area (Å²) in [7, 11) is 0. The molecule has 2 aromatic carbocycles. The van der Waals surface area contributed by atoms with Crippen LogP contribution >= 0.6 is 0 Å². The van der Waals surface area contributed by atoms with Crippen LogP contribution in [0.4, 0.5) is 11.4 Å². The fraction of sp³-hybridized carbons (Fsp3) is 0.0588. The molecule has 4 aromatic rings. The molecule has 0 unspecified atom stereocenters. The summed E-state index contributed by atoms with van der Waals surface area (Å²) in [4.78, 5) is 36.7. The quantitative estimate of drug-likeness (QED) is 0.407. The molecule has 2 N–H and O–H groups in total. The van der Waals surface area contributed by atoms with Crippen LogP contribution in [0.1, 0.15) is 16.2 Å². The maximum absolute atomic E-state index is 12.6. The van der Waals surface area contributed by atoms with Gasteiger partial charge in [-0.3, -0.25) is 19.9 Å². The highest BCUT2D eigenvalue weighted by atomic mass is 16.6. The van der Waals surface area contributed by atoms with Gasteiger partial charge in [-0.2, -0.15) is 0 Å². The van der Waals surface area contributed by atoms with E-state index in [2.05, 4.69) is 20.6 Å². The highest BCUT2D eigenvalue weighted by Crippen LogP contribution is 2.20. The van der Waals surface area contributed by atoms with Crippen LogP contribution in [0.25, 0.3) is 16.8 Å². The van der Waals surface area contributed by atoms with Crippen LogP contribution in [0.5, 0.6) is 0 Å². The second-order valence-corrected chi connectivity index (χ2v) is 5.89. The normalized spacial score (nSPS) is 10.9. The largest absolute Gasteiger partial charge is 0.417 e. The second-order valence-electron chi connectivity index (χ2n) is 5.89. The van der Waals surface area contributed by atoms with Crippen LogP contribution in [0, 0.1) is 17.0 Å². The number of rotatable bonds is 4. The minimum Gasteiger partial charge on any atom is -0.408 e. The van der Waals surface area contributed by atoms with Gasteiger partial charge in [0.25, 0.3) is 11.6 Å². The number of nitrogens with one attached hydrogen (secondary N) is 2. The first-order chi connectivity index (χ1) is 13.4. The molecule has 2 aromatic heterocycles. The fourth-order valence-corrected chi connectivity index (χ4v) is 2.74. The van der Waals surface area contributed by atoms with Gasteiger partial charge in [0.05, 0.1) is 21.8 Å². The maximum atomic E-state index is 12.6. The molecule has 0 saturated carbocycles. The number of amides is 1. The van der Waals surface area contributed by atoms with Gasteiger partial charge in [-0.1, -0.05) is 11.3 Å². The van der Waals surface area contributed by atoms with Crippen molar-refractivity contribution in [3.8, 4) is 5.69 Å². The number of hydrogen-bond acceptors (Lipinski definition) is 7. The third kappa shape index (κ3) is 3.00. The van der Waals surface area contributed by atoms with E-state index in [4.69, 9.17) is 4.42 Å². The van der Waals surface area contributed by atoms with E-state index in [1.165, 1.54) is 22.9 Å². The zero-order valence-corrected chi connectivity index (χ0v) is 14.4. The molecule has 0 radical (unpaired) electrons. The number of anilines is 1. The number of benzene rings is 2. The lowest BCUT2D eigenvalue weighted by Gasteiger charge is -2.05. The molecular formula is C17H12N6O5. The van der Waals surface area contributed by atoms with Gasteiger partial charge in [0.1, 0.15) is 0 Å². The molecule has 0 bridgehead atoms. The van der Waals surface area contributed by atoms with Gasteiger partial charge in [-0.05, 0) is 31.2 Å². The van der Waals surface area contributed by atoms with Crippen molar-refractivity contribution in [1.82, 2.24) is 20.0 Å². The van der Waals surface area contributed by atoms with Crippen molar-refractivity contribution in [3.63, 3.8) is 0 Å². The highest BCUT2D eigenvalue weighted by Gasteiger charge is 2.19. The average Bonchev–Trinajstić information content (AvgIpc) is 3.23. The smallest absolute Gasteiger partial charge is 0.408 e. The molecule has 140 valence electrons. The number of aromatic nitrogens is 4. The topological polar surface area (TPSA) is 149 Å². The maximum Gasteiger partial charge on any atom is 0.417 e. The summed E-state index contributed by atoms with van der Waals surface area (Å²) >= 11 is 0. The Morgan fingerprint density at radius 3 is 2.89 bits per heavy atom. The lowest BCUT2D eigenvalue weighted by atomic mass is 10.2. The standard InChI is InChI=1S/C17H12N6O5/c1-9-15(20-21-22(9)11-3-2-4-12(8-11)23(26)27)16(24)18-10-5-6-14-13(7-10)19-17(25)28-14/h2-8H,1H3,(H,18,24)(H,19,25). The zero-order valence-electron chi connectivity index (χ0n) is 14.4. The summed E-state index contributed by atoms with van der Waals surface area (Å²) in [6.07, 6.45) is 0. The first kappa shape index (κ1) is 17.1. The van der Waals surface area contributed by atoms with Gasteiger partial charge in [-0.15, -0.1) is 5.10 Å². The van der Waals surface area contributed by atoms with Crippen LogP contribution < -0.4 is 11.1 Å². The van der Waals surface area contributed by atoms with E-state index in [0.29, 0.717) is 28.2 Å². The molecule has 0 aliphatic carbocycles. The fourth-order valence-electron chi connectivity index (χ4n) is 2.74. The molecule has 0 spiro atoms. The van der Waals surface area contributed by atoms with Gasteiger partial charge < -0.3 is 9.73 Å². The number of non-ortho nitro benzene ring substituents is 1. The second kappa shape index (κ2) is 6.46. The SMILES string of the molecule is Cc1c(C(=O)Nc2ccc3oc(=O)[nH]c3c2)nnn1-c1cccc([N+](=O)[O-])c1. The van der Waals surface area contributed by atoms with Crippen molar-refractivity contribution >= 4 is 28.4 Å². The Hall–Kier alpha value is -4.28. The van der Waals surface area contributed by atoms with Crippen molar-refractivity contribution in [2.45, 2.75) is 6.92 Å². The molecular weight excluding hydrogens is 368 g/mol. The molecule has 0 aliphatic rings. The van der Waals surface area contributed by atoms with E-state index >= 15 is 0 Å². The van der Waals surface area contributed by atoms with Gasteiger partial charge in [0.2, 0.25) is 0 Å². The Bertz CT molecular complexity index is 1280. The summed E-state index contributed by atoms with van der Waals surface area (Å²) in [5.74, 6) is -1.10. The van der Waals surface area contributed by atoms with Gasteiger partial charge >= 0.3 is 5.76 Å². The highest BCUT2D eigenvalue weighted by molar-refractivity contribution is 6.04. The van der Waals surface area contributed by atoms with Crippen molar-refractivity contribution in [3.05, 3.63) is 74.5 Å². The number of nitrogens with zero attached hydrogens (tertiary/aromatic N) is 4. The van der Waals surface area contributed by atoms with Crippen LogP contribution in [0.15, 0.2) is 51.7 Å². The Labute approximate surface area is 155 Å². The van der Waals surface area contributed by atoms with Gasteiger partial charge in [-0.25, -0.2) is 9.48 Å². The van der Waals surface area contributed by atoms with E-state index in [1.807, 2.05) is 0 Å². The zero-order chi connectivity index (χ0) is 19.8. The first-order valence-corrected chi connectivity index (χ1v) is 8.04. The molecule has 0 fully saturated rings. The van der Waals surface area contributed by atoms with E-state index in [0.717, 1.165) is 0 Å². The average molecular weight is 380 g/mol. The molecule has 11 heteroatoms. The van der Waals surface area contributed by atoms with Crippen LogP contribution in [-0.4, -0.2) is 30.8 Å². The number of nitro groups is 1. The number of hydrogen-bond donors (Lipinski definition) is 2. The lowest BCUT2D eigenvalue weighted by Crippen LogP contribution is -2.14. The Morgan fingerprint density at radius 1 is 1.29 bits per heavy atom. The Morgan fingerprint density at radius 2 is 2.11 bits per heavy atom. The number of fused-ring (bicyclic) bond motifs is 1. The number of H-pyrrole nitrogens is 1. The summed E-state index contributed by atoms with van der Waals surface area (Å²) in [5.41, 5.74) is 2.04. The van der Waals surface area contributed by atoms with Gasteiger partial charge in [0, 0.05) is 17.8 Å². The Balaban J connectivity index is 1.62. The minimum atomic E-state index is -0.589. The molecule has 0 atom stereocenters. The molecule has 2 heterocycles. The monoisotopic (exact) mass is 380 g/mol. The molecule has 11 nitrogen and oxygen atoms in total. The van der Waals surface area contributed by atoms with Crippen molar-refractivity contribution in [2.24, 2.45) is 0 Å². The van der Waals surface area contributed by atoms with Crippen LogP contribution in [-0.2, 0) is 0 Å². The van der Waals surface area contributed by atoms with Crippen molar-refractivity contribution < 1.29 is 14.1 Å². The summed E-state index contributed by atoms with van der Waals surface area (Å²) in [6, 6.07) is 10.5. The van der Waals surface area contributed by atoms with E-state index in [-0.39, 0.29) is 11.4 Å². The number of oxazole rings is 1.